The summed E-state index contributed by atoms with van der Waals surface area (Å²) < 4.78 is 2.89. The van der Waals surface area contributed by atoms with Crippen LogP contribution >= 0.6 is 23.5 Å². The highest BCUT2D eigenvalue weighted by atomic mass is 35.5. The summed E-state index contributed by atoms with van der Waals surface area (Å²) in [5.41, 5.74) is 10.9. The van der Waals surface area contributed by atoms with Crippen LogP contribution in [0, 0.1) is 0 Å². The third-order valence-corrected chi connectivity index (χ3v) is 3.06. The molecule has 2 aromatic rings. The number of nitrogens with zero attached hydrogens (tertiary/aromatic N) is 3. The fourth-order valence-electron chi connectivity index (χ4n) is 1.08. The Kier molecular flexibility index (Phi) is 3.50. The highest BCUT2D eigenvalue weighted by Gasteiger charge is 2.04. The molecule has 0 aliphatic carbocycles. The topological polar surface area (TPSA) is 103 Å². The Morgan fingerprint density at radius 1 is 1.06 bits per heavy atom. The Labute approximate surface area is 107 Å². The summed E-state index contributed by atoms with van der Waals surface area (Å²) in [6.07, 6.45) is 0. The third kappa shape index (κ3) is 3.11. The molecule has 0 aliphatic heterocycles. The number of anilines is 3. The van der Waals surface area contributed by atoms with Gasteiger partial charge in [-0.1, -0.05) is 23.7 Å². The highest BCUT2D eigenvalue weighted by Crippen LogP contribution is 2.26. The smallest absolute Gasteiger partial charge is 0.239 e. The first-order chi connectivity index (χ1) is 8.15. The quantitative estimate of drug-likeness (QED) is 0.730. The van der Waals surface area contributed by atoms with Crippen LogP contribution in [0.1, 0.15) is 0 Å². The first-order valence-electron chi connectivity index (χ1n) is 4.59. The highest BCUT2D eigenvalue weighted by molar-refractivity contribution is 8.00. The molecule has 1 aromatic heterocycles. The monoisotopic (exact) mass is 268 g/mol. The Hall–Kier alpha value is -1.73. The molecule has 6 nitrogen and oxygen atoms in total. The minimum atomic E-state index is 0.0692. The van der Waals surface area contributed by atoms with Gasteiger partial charge in [-0.2, -0.15) is 15.0 Å². The van der Waals surface area contributed by atoms with E-state index in [4.69, 9.17) is 23.1 Å². The Bertz CT molecular complexity index is 514. The first-order valence-corrected chi connectivity index (χ1v) is 5.79. The first kappa shape index (κ1) is 11.7. The molecule has 1 aromatic carbocycles. The molecule has 1 heterocycles. The molecule has 0 bridgehead atoms. The van der Waals surface area contributed by atoms with Gasteiger partial charge in [0.15, 0.2) is 0 Å². The zero-order valence-corrected chi connectivity index (χ0v) is 10.2. The van der Waals surface area contributed by atoms with Crippen molar-refractivity contribution in [2.75, 3.05) is 16.2 Å². The van der Waals surface area contributed by atoms with E-state index in [0.717, 1.165) is 4.90 Å². The minimum Gasteiger partial charge on any atom is -0.368 e. The van der Waals surface area contributed by atoms with E-state index in [1.54, 1.807) is 6.07 Å². The number of rotatable bonds is 3. The fraction of sp³-hybridized carbons (Fsp3) is 0. The molecular formula is C9H9ClN6S. The van der Waals surface area contributed by atoms with Crippen LogP contribution in [-0.2, 0) is 0 Å². The van der Waals surface area contributed by atoms with Crippen LogP contribution in [0.2, 0.25) is 5.02 Å². The van der Waals surface area contributed by atoms with Crippen molar-refractivity contribution >= 4 is 41.4 Å². The van der Waals surface area contributed by atoms with Crippen LogP contribution in [0.3, 0.4) is 0 Å². The average molecular weight is 269 g/mol. The van der Waals surface area contributed by atoms with E-state index < -0.39 is 0 Å². The Morgan fingerprint density at radius 3 is 2.35 bits per heavy atom. The van der Waals surface area contributed by atoms with E-state index in [1.807, 2.05) is 18.2 Å². The molecule has 0 radical (unpaired) electrons. The second kappa shape index (κ2) is 5.07. The molecule has 0 unspecified atom stereocenters. The van der Waals surface area contributed by atoms with Gasteiger partial charge in [-0.3, -0.25) is 4.72 Å². The van der Waals surface area contributed by atoms with Crippen LogP contribution in [0.5, 0.6) is 0 Å². The average Bonchev–Trinajstić information content (AvgIpc) is 2.27. The summed E-state index contributed by atoms with van der Waals surface area (Å²) in [6, 6.07) is 7.40. The van der Waals surface area contributed by atoms with Crippen LogP contribution in [0.15, 0.2) is 29.2 Å². The zero-order valence-electron chi connectivity index (χ0n) is 8.59. The molecule has 8 heteroatoms. The molecule has 0 saturated heterocycles. The SMILES string of the molecule is Nc1nc(N)nc(NSc2ccccc2Cl)n1. The largest absolute Gasteiger partial charge is 0.368 e. The van der Waals surface area contributed by atoms with Gasteiger partial charge in [-0.15, -0.1) is 0 Å². The van der Waals surface area contributed by atoms with E-state index in [9.17, 15) is 0 Å². The van der Waals surface area contributed by atoms with Gasteiger partial charge in [0.05, 0.1) is 5.02 Å². The number of halogens is 1. The molecule has 88 valence electrons. The summed E-state index contributed by atoms with van der Waals surface area (Å²) in [7, 11) is 0. The lowest BCUT2D eigenvalue weighted by molar-refractivity contribution is 1.09. The van der Waals surface area contributed by atoms with Gasteiger partial charge in [-0.25, -0.2) is 0 Å². The van der Waals surface area contributed by atoms with Gasteiger partial charge in [0, 0.05) is 4.90 Å². The summed E-state index contributed by atoms with van der Waals surface area (Å²) in [6.45, 7) is 0. The van der Waals surface area contributed by atoms with Gasteiger partial charge in [0.25, 0.3) is 0 Å². The van der Waals surface area contributed by atoms with Crippen molar-refractivity contribution in [2.24, 2.45) is 0 Å². The number of aromatic nitrogens is 3. The second-order valence-electron chi connectivity index (χ2n) is 3.01. The Balaban J connectivity index is 2.10. The molecule has 17 heavy (non-hydrogen) atoms. The summed E-state index contributed by atoms with van der Waals surface area (Å²) in [5, 5.41) is 0.639. The van der Waals surface area contributed by atoms with E-state index >= 15 is 0 Å². The van der Waals surface area contributed by atoms with Crippen molar-refractivity contribution in [1.29, 1.82) is 0 Å². The van der Waals surface area contributed by atoms with Crippen molar-refractivity contribution in [3.63, 3.8) is 0 Å². The van der Waals surface area contributed by atoms with E-state index in [-0.39, 0.29) is 11.9 Å². The zero-order chi connectivity index (χ0) is 12.3. The van der Waals surface area contributed by atoms with Crippen molar-refractivity contribution in [2.45, 2.75) is 4.90 Å². The summed E-state index contributed by atoms with van der Waals surface area (Å²) in [5.74, 6) is 0.430. The minimum absolute atomic E-state index is 0.0692. The lowest BCUT2D eigenvalue weighted by Gasteiger charge is -2.05. The number of hydrogen-bond donors (Lipinski definition) is 3. The predicted molar refractivity (Wildman–Crippen MR) is 69.6 cm³/mol. The van der Waals surface area contributed by atoms with Crippen LogP contribution < -0.4 is 16.2 Å². The summed E-state index contributed by atoms with van der Waals surface area (Å²) >= 11 is 7.26. The van der Waals surface area contributed by atoms with E-state index in [2.05, 4.69) is 19.7 Å². The van der Waals surface area contributed by atoms with Gasteiger partial charge >= 0.3 is 0 Å². The maximum atomic E-state index is 5.99. The molecule has 0 aliphatic rings. The molecular weight excluding hydrogens is 260 g/mol. The number of benzene rings is 1. The lowest BCUT2D eigenvalue weighted by Crippen LogP contribution is -2.05. The molecule has 0 atom stereocenters. The normalized spacial score (nSPS) is 10.2. The molecule has 0 spiro atoms. The van der Waals surface area contributed by atoms with Crippen molar-refractivity contribution in [3.05, 3.63) is 29.3 Å². The van der Waals surface area contributed by atoms with Crippen LogP contribution in [-0.4, -0.2) is 15.0 Å². The molecule has 0 fully saturated rings. The van der Waals surface area contributed by atoms with Gasteiger partial charge in [0.1, 0.15) is 0 Å². The molecule has 0 saturated carbocycles. The van der Waals surface area contributed by atoms with Gasteiger partial charge < -0.3 is 11.5 Å². The Morgan fingerprint density at radius 2 is 1.71 bits per heavy atom. The number of nitrogen functional groups attached to an aromatic ring is 2. The predicted octanol–water partition coefficient (Wildman–Crippen LogP) is 1.81. The van der Waals surface area contributed by atoms with E-state index in [1.165, 1.54) is 11.9 Å². The number of nitrogens with two attached hydrogens (primary N) is 2. The maximum Gasteiger partial charge on any atom is 0.239 e. The van der Waals surface area contributed by atoms with Gasteiger partial charge in [0.2, 0.25) is 17.8 Å². The van der Waals surface area contributed by atoms with Crippen LogP contribution in [0.4, 0.5) is 17.8 Å². The summed E-state index contributed by atoms with van der Waals surface area (Å²) in [4.78, 5) is 12.3. The second-order valence-corrected chi connectivity index (χ2v) is 4.27. The third-order valence-electron chi connectivity index (χ3n) is 1.76. The number of nitrogens with one attached hydrogen (secondary N) is 1. The van der Waals surface area contributed by atoms with E-state index in [0.29, 0.717) is 11.0 Å². The molecule has 2 rings (SSSR count). The van der Waals surface area contributed by atoms with Crippen molar-refractivity contribution in [1.82, 2.24) is 15.0 Å². The standard InChI is InChI=1S/C9H9ClN6S/c10-5-3-1-2-4-6(5)17-16-9-14-7(11)13-8(12)15-9/h1-4H,(H5,11,12,13,14,15,16). The lowest BCUT2D eigenvalue weighted by atomic mass is 10.4. The fourth-order valence-corrected chi connectivity index (χ4v) is 1.94. The molecule has 0 amide bonds. The van der Waals surface area contributed by atoms with Crippen LogP contribution in [0.25, 0.3) is 0 Å². The maximum absolute atomic E-state index is 5.99. The van der Waals surface area contributed by atoms with Gasteiger partial charge in [-0.05, 0) is 24.1 Å². The molecule has 5 N–H and O–H groups in total. The van der Waals surface area contributed by atoms with Crippen molar-refractivity contribution in [3.8, 4) is 0 Å². The number of hydrogen-bond acceptors (Lipinski definition) is 7. The van der Waals surface area contributed by atoms with Crippen molar-refractivity contribution < 1.29 is 0 Å².